The van der Waals surface area contributed by atoms with E-state index in [1.807, 2.05) is 0 Å². The van der Waals surface area contributed by atoms with Gasteiger partial charge in [-0.3, -0.25) is 9.79 Å². The van der Waals surface area contributed by atoms with Crippen LogP contribution in [0, 0.1) is 0 Å². The highest BCUT2D eigenvalue weighted by atomic mass is 16.5. The molecular weight excluding hydrogens is 160 g/mol. The quantitative estimate of drug-likeness (QED) is 0.348. The van der Waals surface area contributed by atoms with Crippen LogP contribution in [0.3, 0.4) is 0 Å². The molecule has 0 aliphatic heterocycles. The summed E-state index contributed by atoms with van der Waals surface area (Å²) in [5.74, 6) is -0.596. The van der Waals surface area contributed by atoms with Crippen molar-refractivity contribution in [1.29, 1.82) is 0 Å². The van der Waals surface area contributed by atoms with Crippen molar-refractivity contribution >= 4 is 18.1 Å². The molecule has 0 heterocycles. The highest BCUT2D eigenvalue weighted by Gasteiger charge is 1.91. The molecule has 5 nitrogen and oxygen atoms in total. The number of ether oxygens (including phenoxy) is 1. The molecule has 0 unspecified atom stereocenters. The van der Waals surface area contributed by atoms with Crippen LogP contribution in [-0.4, -0.2) is 38.3 Å². The number of nitrogens with one attached hydrogen (secondary N) is 1. The van der Waals surface area contributed by atoms with Gasteiger partial charge in [0.2, 0.25) is 5.91 Å². The lowest BCUT2D eigenvalue weighted by molar-refractivity contribution is -0.132. The molecule has 0 aromatic rings. The zero-order valence-corrected chi connectivity index (χ0v) is 7.16. The fourth-order valence-corrected chi connectivity index (χ4v) is 0.488. The number of amides is 1. The third-order valence-corrected chi connectivity index (χ3v) is 1.01. The number of hydrogen-bond acceptors (Lipinski definition) is 4. The molecule has 0 spiro atoms. The molecule has 0 aliphatic carbocycles. The summed E-state index contributed by atoms with van der Waals surface area (Å²) in [5.41, 5.74) is 0. The van der Waals surface area contributed by atoms with Crippen molar-refractivity contribution in [3.05, 3.63) is 0 Å². The van der Waals surface area contributed by atoms with Gasteiger partial charge in [0, 0.05) is 13.5 Å². The second-order valence-corrected chi connectivity index (χ2v) is 2.04. The zero-order valence-electron chi connectivity index (χ0n) is 7.16. The van der Waals surface area contributed by atoms with Crippen molar-refractivity contribution in [3.8, 4) is 0 Å². The molecule has 0 radical (unpaired) electrons. The van der Waals surface area contributed by atoms with Crippen LogP contribution in [0.15, 0.2) is 4.99 Å². The molecule has 0 atom stereocenters. The fourth-order valence-electron chi connectivity index (χ4n) is 0.488. The van der Waals surface area contributed by atoms with Crippen molar-refractivity contribution in [1.82, 2.24) is 5.32 Å². The normalized spacial score (nSPS) is 9.83. The first kappa shape index (κ1) is 10.6. The molecule has 0 rings (SSSR count). The number of carbonyl (C=O) groups excluding carboxylic acids is 2. The molecule has 0 aromatic heterocycles. The van der Waals surface area contributed by atoms with E-state index in [4.69, 9.17) is 0 Å². The lowest BCUT2D eigenvalue weighted by atomic mass is 10.6. The summed E-state index contributed by atoms with van der Waals surface area (Å²) in [5, 5.41) is 2.53. The Morgan fingerprint density at radius 2 is 2.25 bits per heavy atom. The Bertz CT molecular complexity index is 189. The highest BCUT2D eigenvalue weighted by molar-refractivity contribution is 6.23. The predicted molar refractivity (Wildman–Crippen MR) is 44.1 cm³/mol. The van der Waals surface area contributed by atoms with Crippen molar-refractivity contribution in [3.63, 3.8) is 0 Å². The fraction of sp³-hybridized carbons (Fsp3) is 0.571. The number of methoxy groups -OCH3 is 1. The van der Waals surface area contributed by atoms with Gasteiger partial charge in [0.15, 0.2) is 0 Å². The standard InChI is InChI=1S/C7H12N2O3/c1-6(10)9-4-3-8-5-7(11)12-2/h5H,3-4H2,1-2H3,(H,9,10). The molecule has 0 saturated heterocycles. The summed E-state index contributed by atoms with van der Waals surface area (Å²) < 4.78 is 4.30. The largest absolute Gasteiger partial charge is 0.465 e. The molecule has 0 aromatic carbocycles. The first-order valence-corrected chi connectivity index (χ1v) is 3.49. The second kappa shape index (κ2) is 6.33. The van der Waals surface area contributed by atoms with Crippen LogP contribution in [0.5, 0.6) is 0 Å². The van der Waals surface area contributed by atoms with Crippen molar-refractivity contribution in [2.45, 2.75) is 6.92 Å². The van der Waals surface area contributed by atoms with Gasteiger partial charge in [-0.05, 0) is 0 Å². The van der Waals surface area contributed by atoms with Gasteiger partial charge >= 0.3 is 5.97 Å². The van der Waals surface area contributed by atoms with Gasteiger partial charge in [0.25, 0.3) is 0 Å². The van der Waals surface area contributed by atoms with E-state index in [9.17, 15) is 9.59 Å². The Morgan fingerprint density at radius 3 is 2.75 bits per heavy atom. The first-order chi connectivity index (χ1) is 5.66. The van der Waals surface area contributed by atoms with Crippen LogP contribution in [0.1, 0.15) is 6.92 Å². The molecular formula is C7H12N2O3. The van der Waals surface area contributed by atoms with E-state index >= 15 is 0 Å². The molecule has 0 fully saturated rings. The minimum Gasteiger partial charge on any atom is -0.465 e. The predicted octanol–water partition coefficient (Wildman–Crippen LogP) is -0.634. The lowest BCUT2D eigenvalue weighted by Gasteiger charge is -1.96. The third kappa shape index (κ3) is 6.73. The maximum Gasteiger partial charge on any atom is 0.348 e. The van der Waals surface area contributed by atoms with Crippen molar-refractivity contribution in [2.75, 3.05) is 20.2 Å². The summed E-state index contributed by atoms with van der Waals surface area (Å²) in [7, 11) is 1.28. The number of nitrogens with zero attached hydrogens (tertiary/aromatic N) is 1. The van der Waals surface area contributed by atoms with Crippen molar-refractivity contribution < 1.29 is 14.3 Å². The van der Waals surface area contributed by atoms with E-state index in [1.54, 1.807) is 0 Å². The molecule has 0 saturated carbocycles. The lowest BCUT2D eigenvalue weighted by Crippen LogP contribution is -2.22. The molecule has 68 valence electrons. The maximum atomic E-state index is 10.4. The SMILES string of the molecule is COC(=O)C=NCCNC(C)=O. The van der Waals surface area contributed by atoms with E-state index in [0.29, 0.717) is 13.1 Å². The van der Waals surface area contributed by atoms with Gasteiger partial charge in [-0.25, -0.2) is 4.79 Å². The van der Waals surface area contributed by atoms with E-state index in [1.165, 1.54) is 14.0 Å². The monoisotopic (exact) mass is 172 g/mol. The number of rotatable bonds is 4. The van der Waals surface area contributed by atoms with Crippen LogP contribution in [-0.2, 0) is 14.3 Å². The average Bonchev–Trinajstić information content (AvgIpc) is 2.03. The summed E-state index contributed by atoms with van der Waals surface area (Å²) >= 11 is 0. The number of carbonyl (C=O) groups is 2. The van der Waals surface area contributed by atoms with Gasteiger partial charge in [-0.15, -0.1) is 0 Å². The minimum atomic E-state index is -0.488. The summed E-state index contributed by atoms with van der Waals surface area (Å²) in [6.07, 6.45) is 1.09. The van der Waals surface area contributed by atoms with Crippen LogP contribution >= 0.6 is 0 Å². The Hall–Kier alpha value is -1.39. The Kier molecular flexibility index (Phi) is 5.60. The third-order valence-electron chi connectivity index (χ3n) is 1.01. The van der Waals surface area contributed by atoms with E-state index in [-0.39, 0.29) is 5.91 Å². The van der Waals surface area contributed by atoms with Gasteiger partial charge in [0.05, 0.1) is 13.7 Å². The molecule has 0 bridgehead atoms. The van der Waals surface area contributed by atoms with Gasteiger partial charge in [-0.2, -0.15) is 0 Å². The summed E-state index contributed by atoms with van der Waals surface area (Å²) in [6.45, 7) is 2.24. The summed E-state index contributed by atoms with van der Waals surface area (Å²) in [4.78, 5) is 24.5. The Labute approximate surface area is 70.8 Å². The van der Waals surface area contributed by atoms with Gasteiger partial charge in [-0.1, -0.05) is 0 Å². The number of aliphatic imine (C=N–C) groups is 1. The average molecular weight is 172 g/mol. The van der Waals surface area contributed by atoms with E-state index < -0.39 is 5.97 Å². The van der Waals surface area contributed by atoms with E-state index in [2.05, 4.69) is 15.0 Å². The van der Waals surface area contributed by atoms with Crippen LogP contribution in [0.4, 0.5) is 0 Å². The second-order valence-electron chi connectivity index (χ2n) is 2.04. The van der Waals surface area contributed by atoms with E-state index in [0.717, 1.165) is 6.21 Å². The van der Waals surface area contributed by atoms with Crippen LogP contribution < -0.4 is 5.32 Å². The zero-order chi connectivity index (χ0) is 9.40. The van der Waals surface area contributed by atoms with Gasteiger partial charge in [0.1, 0.15) is 6.21 Å². The molecule has 0 aliphatic rings. The van der Waals surface area contributed by atoms with Crippen LogP contribution in [0.25, 0.3) is 0 Å². The number of esters is 1. The minimum absolute atomic E-state index is 0.108. The Balaban J connectivity index is 3.36. The molecule has 1 amide bonds. The maximum absolute atomic E-state index is 10.4. The number of hydrogen-bond donors (Lipinski definition) is 1. The topological polar surface area (TPSA) is 67.8 Å². The van der Waals surface area contributed by atoms with Gasteiger partial charge < -0.3 is 10.1 Å². The van der Waals surface area contributed by atoms with Crippen molar-refractivity contribution in [2.24, 2.45) is 4.99 Å². The smallest absolute Gasteiger partial charge is 0.348 e. The van der Waals surface area contributed by atoms with Crippen LogP contribution in [0.2, 0.25) is 0 Å². The molecule has 1 N–H and O–H groups in total. The Morgan fingerprint density at radius 1 is 1.58 bits per heavy atom. The summed E-state index contributed by atoms with van der Waals surface area (Å²) in [6, 6.07) is 0. The first-order valence-electron chi connectivity index (χ1n) is 3.49. The molecule has 5 heteroatoms. The molecule has 12 heavy (non-hydrogen) atoms. The highest BCUT2D eigenvalue weighted by Crippen LogP contribution is 1.70.